The van der Waals surface area contributed by atoms with Crippen molar-refractivity contribution in [1.82, 2.24) is 0 Å². The normalized spacial score (nSPS) is 10.9. The van der Waals surface area contributed by atoms with E-state index in [2.05, 4.69) is 0 Å². The summed E-state index contributed by atoms with van der Waals surface area (Å²) in [6, 6.07) is 2.57. The first kappa shape index (κ1) is 9.54. The molecule has 0 aromatic heterocycles. The minimum Gasteiger partial charge on any atom is -0.505 e. The largest absolute Gasteiger partial charge is 0.505 e. The molecule has 0 bridgehead atoms. The van der Waals surface area contributed by atoms with Gasteiger partial charge in [0.25, 0.3) is 0 Å². The van der Waals surface area contributed by atoms with E-state index in [4.69, 9.17) is 10.8 Å². The van der Waals surface area contributed by atoms with Gasteiger partial charge in [0.15, 0.2) is 11.5 Å². The molecule has 4 heteroatoms. The number of benzene rings is 1. The molecule has 70 valence electrons. The van der Waals surface area contributed by atoms with Gasteiger partial charge in [0.05, 0.1) is 0 Å². The van der Waals surface area contributed by atoms with Gasteiger partial charge in [-0.05, 0) is 12.1 Å². The highest BCUT2D eigenvalue weighted by atomic mass is 19.1. The Morgan fingerprint density at radius 3 is 2.69 bits per heavy atom. The monoisotopic (exact) mass is 183 g/mol. The van der Waals surface area contributed by atoms with Crippen LogP contribution in [0.15, 0.2) is 18.2 Å². The van der Waals surface area contributed by atoms with Crippen LogP contribution in [0.2, 0.25) is 0 Å². The molecule has 0 unspecified atom stereocenters. The highest BCUT2D eigenvalue weighted by Gasteiger charge is 2.08. The minimum atomic E-state index is -1.01. The zero-order valence-electron chi connectivity index (χ0n) is 6.87. The maximum Gasteiger partial charge on any atom is 0.206 e. The number of phenols is 2. The molecule has 0 aliphatic heterocycles. The van der Waals surface area contributed by atoms with E-state index < -0.39 is 17.3 Å². The van der Waals surface area contributed by atoms with Gasteiger partial charge in [0.2, 0.25) is 5.82 Å². The third-order valence-electron chi connectivity index (χ3n) is 1.56. The number of halogens is 1. The molecule has 0 heterocycles. The average molecular weight is 183 g/mol. The third-order valence-corrected chi connectivity index (χ3v) is 1.56. The third kappa shape index (κ3) is 1.97. The topological polar surface area (TPSA) is 66.5 Å². The summed E-state index contributed by atoms with van der Waals surface area (Å²) < 4.78 is 12.9. The van der Waals surface area contributed by atoms with Crippen molar-refractivity contribution in [2.75, 3.05) is 6.54 Å². The van der Waals surface area contributed by atoms with Crippen LogP contribution in [0.5, 0.6) is 11.5 Å². The molecule has 0 radical (unpaired) electrons. The van der Waals surface area contributed by atoms with Gasteiger partial charge in [-0.15, -0.1) is 0 Å². The number of rotatable bonds is 2. The van der Waals surface area contributed by atoms with E-state index in [1.54, 1.807) is 6.08 Å². The van der Waals surface area contributed by atoms with Crippen molar-refractivity contribution in [2.24, 2.45) is 5.73 Å². The van der Waals surface area contributed by atoms with E-state index in [1.807, 2.05) is 0 Å². The van der Waals surface area contributed by atoms with Crippen LogP contribution in [0.1, 0.15) is 5.56 Å². The van der Waals surface area contributed by atoms with Crippen molar-refractivity contribution >= 4 is 6.08 Å². The molecule has 13 heavy (non-hydrogen) atoms. The van der Waals surface area contributed by atoms with Gasteiger partial charge >= 0.3 is 0 Å². The number of hydrogen-bond donors (Lipinski definition) is 3. The van der Waals surface area contributed by atoms with E-state index in [0.717, 1.165) is 0 Å². The van der Waals surface area contributed by atoms with Crippen LogP contribution < -0.4 is 5.73 Å². The average Bonchev–Trinajstić information content (AvgIpc) is 2.13. The molecule has 0 amide bonds. The lowest BCUT2D eigenvalue weighted by Gasteiger charge is -2.01. The van der Waals surface area contributed by atoms with Crippen LogP contribution in [0.25, 0.3) is 6.08 Å². The summed E-state index contributed by atoms with van der Waals surface area (Å²) in [6.45, 7) is 0.307. The molecule has 1 rings (SSSR count). The Bertz CT molecular complexity index is 337. The molecule has 3 nitrogen and oxygen atoms in total. The van der Waals surface area contributed by atoms with Crippen LogP contribution in [0.3, 0.4) is 0 Å². The summed E-state index contributed by atoms with van der Waals surface area (Å²) in [5.41, 5.74) is 5.48. The Hall–Kier alpha value is -1.55. The van der Waals surface area contributed by atoms with E-state index in [9.17, 15) is 9.50 Å². The van der Waals surface area contributed by atoms with E-state index in [-0.39, 0.29) is 0 Å². The number of nitrogens with two attached hydrogens (primary N) is 1. The van der Waals surface area contributed by atoms with Crippen molar-refractivity contribution in [3.05, 3.63) is 29.6 Å². The summed E-state index contributed by atoms with van der Waals surface area (Å²) in [7, 11) is 0. The van der Waals surface area contributed by atoms with Gasteiger partial charge in [0, 0.05) is 12.1 Å². The Morgan fingerprint density at radius 1 is 1.38 bits per heavy atom. The first-order valence-corrected chi connectivity index (χ1v) is 3.74. The molecular weight excluding hydrogens is 173 g/mol. The Balaban J connectivity index is 3.11. The number of aromatic hydroxyl groups is 2. The van der Waals surface area contributed by atoms with Gasteiger partial charge in [-0.1, -0.05) is 12.2 Å². The van der Waals surface area contributed by atoms with Crippen molar-refractivity contribution < 1.29 is 14.6 Å². The molecule has 0 spiro atoms. The minimum absolute atomic E-state index is 0.292. The standard InChI is InChI=1S/C9H10FNO2/c10-8-7(12)4-3-6(9(8)13)2-1-5-11/h1-4,12-13H,5,11H2/b2-1+. The lowest BCUT2D eigenvalue weighted by Crippen LogP contribution is -1.92. The molecule has 1 aromatic carbocycles. The van der Waals surface area contributed by atoms with Gasteiger partial charge in [-0.2, -0.15) is 4.39 Å². The maximum absolute atomic E-state index is 12.9. The zero-order valence-corrected chi connectivity index (χ0v) is 6.87. The van der Waals surface area contributed by atoms with Crippen molar-refractivity contribution in [3.63, 3.8) is 0 Å². The van der Waals surface area contributed by atoms with Crippen molar-refractivity contribution in [3.8, 4) is 11.5 Å². The SMILES string of the molecule is NC/C=C/c1ccc(O)c(F)c1O. The van der Waals surface area contributed by atoms with E-state index >= 15 is 0 Å². The number of phenolic OH excluding ortho intramolecular Hbond substituents is 2. The molecule has 0 saturated carbocycles. The summed E-state index contributed by atoms with van der Waals surface area (Å²) in [6.07, 6.45) is 3.06. The molecule has 1 aromatic rings. The van der Waals surface area contributed by atoms with Crippen molar-refractivity contribution in [2.45, 2.75) is 0 Å². The highest BCUT2D eigenvalue weighted by molar-refractivity contribution is 5.59. The summed E-state index contributed by atoms with van der Waals surface area (Å²) in [4.78, 5) is 0. The fourth-order valence-electron chi connectivity index (χ4n) is 0.898. The van der Waals surface area contributed by atoms with E-state index in [1.165, 1.54) is 18.2 Å². The summed E-state index contributed by atoms with van der Waals surface area (Å²) in [5.74, 6) is -2.15. The highest BCUT2D eigenvalue weighted by Crippen LogP contribution is 2.28. The fourth-order valence-corrected chi connectivity index (χ4v) is 0.898. The predicted molar refractivity (Wildman–Crippen MR) is 47.8 cm³/mol. The first-order valence-electron chi connectivity index (χ1n) is 3.74. The summed E-state index contributed by atoms with van der Waals surface area (Å²) >= 11 is 0. The van der Waals surface area contributed by atoms with Crippen molar-refractivity contribution in [1.29, 1.82) is 0 Å². The lowest BCUT2D eigenvalue weighted by atomic mass is 10.1. The van der Waals surface area contributed by atoms with Crippen LogP contribution in [0, 0.1) is 5.82 Å². The van der Waals surface area contributed by atoms with Gasteiger partial charge in [0.1, 0.15) is 0 Å². The predicted octanol–water partition coefficient (Wildman–Crippen LogP) is 1.21. The molecular formula is C9H10FNO2. The van der Waals surface area contributed by atoms with Crippen LogP contribution >= 0.6 is 0 Å². The zero-order chi connectivity index (χ0) is 9.84. The van der Waals surface area contributed by atoms with Crippen LogP contribution in [0.4, 0.5) is 4.39 Å². The smallest absolute Gasteiger partial charge is 0.206 e. The molecule has 0 fully saturated rings. The van der Waals surface area contributed by atoms with Crippen LogP contribution in [-0.4, -0.2) is 16.8 Å². The quantitative estimate of drug-likeness (QED) is 0.645. The van der Waals surface area contributed by atoms with E-state index in [0.29, 0.717) is 12.1 Å². The fraction of sp³-hybridized carbons (Fsp3) is 0.111. The van der Waals surface area contributed by atoms with Gasteiger partial charge < -0.3 is 15.9 Å². The second-order valence-electron chi connectivity index (χ2n) is 2.47. The molecule has 0 aliphatic rings. The first-order chi connectivity index (χ1) is 6.16. The van der Waals surface area contributed by atoms with Crippen LogP contribution in [-0.2, 0) is 0 Å². The second kappa shape index (κ2) is 3.91. The van der Waals surface area contributed by atoms with Gasteiger partial charge in [-0.25, -0.2) is 0 Å². The molecule has 0 saturated heterocycles. The Kier molecular flexibility index (Phi) is 2.87. The molecule has 0 aliphatic carbocycles. The maximum atomic E-state index is 12.9. The lowest BCUT2D eigenvalue weighted by molar-refractivity contribution is 0.388. The molecule has 0 atom stereocenters. The Labute approximate surface area is 74.9 Å². The van der Waals surface area contributed by atoms with Gasteiger partial charge in [-0.3, -0.25) is 0 Å². The Morgan fingerprint density at radius 2 is 2.08 bits per heavy atom. The molecule has 4 N–H and O–H groups in total. The second-order valence-corrected chi connectivity index (χ2v) is 2.47. The summed E-state index contributed by atoms with van der Waals surface area (Å²) in [5, 5.41) is 18.0. The number of hydrogen-bond acceptors (Lipinski definition) is 3.